The first-order valence-corrected chi connectivity index (χ1v) is 6.93. The Morgan fingerprint density at radius 1 is 1.05 bits per heavy atom. The zero-order valence-corrected chi connectivity index (χ0v) is 11.0. The third-order valence-corrected chi connectivity index (χ3v) is 3.56. The molecule has 1 aliphatic carbocycles. The molecule has 2 rings (SSSR count). The van der Waals surface area contributed by atoms with Gasteiger partial charge in [0.2, 0.25) is 0 Å². The molecule has 0 heterocycles. The average molecular weight is 271 g/mol. The van der Waals surface area contributed by atoms with Gasteiger partial charge in [0.25, 0.3) is 0 Å². The van der Waals surface area contributed by atoms with Crippen LogP contribution in [0.2, 0.25) is 0 Å². The molecule has 4 heteroatoms. The fraction of sp³-hybridized carbons (Fsp3) is 0.600. The van der Waals surface area contributed by atoms with E-state index in [0.717, 1.165) is 13.0 Å². The van der Waals surface area contributed by atoms with E-state index in [0.29, 0.717) is 13.0 Å². The summed E-state index contributed by atoms with van der Waals surface area (Å²) in [4.78, 5) is 0. The lowest BCUT2D eigenvalue weighted by atomic mass is 10.1. The van der Waals surface area contributed by atoms with Gasteiger partial charge >= 0.3 is 6.18 Å². The second kappa shape index (κ2) is 6.42. The van der Waals surface area contributed by atoms with Crippen LogP contribution in [-0.4, -0.2) is 12.7 Å². The van der Waals surface area contributed by atoms with Gasteiger partial charge < -0.3 is 5.32 Å². The molecule has 0 fully saturated rings. The number of aryl methyl sites for hydroxylation is 2. The predicted octanol–water partition coefficient (Wildman–Crippen LogP) is 4.00. The second-order valence-corrected chi connectivity index (χ2v) is 5.21. The molecule has 0 aliphatic heterocycles. The molecular weight excluding hydrogens is 251 g/mol. The summed E-state index contributed by atoms with van der Waals surface area (Å²) in [5, 5.41) is 3.21. The maximum absolute atomic E-state index is 11.9. The monoisotopic (exact) mass is 271 g/mol. The minimum Gasteiger partial charge on any atom is -0.313 e. The van der Waals surface area contributed by atoms with Crippen LogP contribution in [0.3, 0.4) is 0 Å². The van der Waals surface area contributed by atoms with Crippen LogP contribution in [0, 0.1) is 0 Å². The summed E-state index contributed by atoms with van der Waals surface area (Å²) in [6.45, 7) is 1.40. The van der Waals surface area contributed by atoms with Gasteiger partial charge in [0.1, 0.15) is 0 Å². The van der Waals surface area contributed by atoms with Crippen LogP contribution >= 0.6 is 0 Å². The van der Waals surface area contributed by atoms with E-state index in [1.54, 1.807) is 0 Å². The van der Waals surface area contributed by atoms with Gasteiger partial charge in [-0.3, -0.25) is 0 Å². The highest BCUT2D eigenvalue weighted by Gasteiger charge is 2.25. The molecule has 0 amide bonds. The van der Waals surface area contributed by atoms with Gasteiger partial charge in [-0.2, -0.15) is 13.2 Å². The molecule has 1 aromatic carbocycles. The summed E-state index contributed by atoms with van der Waals surface area (Å²) < 4.78 is 35.8. The van der Waals surface area contributed by atoms with Gasteiger partial charge in [0.05, 0.1) is 0 Å². The standard InChI is InChI=1S/C15H20F3N/c16-15(17,18)8-1-2-9-19-11-12-6-7-13-4-3-5-14(13)10-12/h6-7,10,19H,1-5,8-9,11H2. The van der Waals surface area contributed by atoms with Crippen molar-refractivity contribution in [2.75, 3.05) is 6.54 Å². The smallest absolute Gasteiger partial charge is 0.313 e. The Kier molecular flexibility index (Phi) is 4.86. The summed E-state index contributed by atoms with van der Waals surface area (Å²) in [6, 6.07) is 6.53. The normalized spacial score (nSPS) is 14.7. The van der Waals surface area contributed by atoms with Gasteiger partial charge in [0, 0.05) is 13.0 Å². The van der Waals surface area contributed by atoms with Crippen LogP contribution < -0.4 is 5.32 Å². The summed E-state index contributed by atoms with van der Waals surface area (Å²) >= 11 is 0. The first kappa shape index (κ1) is 14.4. The first-order chi connectivity index (χ1) is 9.04. The number of nitrogens with one attached hydrogen (secondary N) is 1. The van der Waals surface area contributed by atoms with Crippen LogP contribution in [0.4, 0.5) is 13.2 Å². The van der Waals surface area contributed by atoms with E-state index < -0.39 is 12.6 Å². The van der Waals surface area contributed by atoms with E-state index >= 15 is 0 Å². The van der Waals surface area contributed by atoms with E-state index in [1.165, 1.54) is 29.5 Å². The summed E-state index contributed by atoms with van der Waals surface area (Å²) in [5.41, 5.74) is 4.13. The van der Waals surface area contributed by atoms with E-state index in [4.69, 9.17) is 0 Å². The molecule has 0 aromatic heterocycles. The van der Waals surface area contributed by atoms with Crippen molar-refractivity contribution in [1.82, 2.24) is 5.32 Å². The van der Waals surface area contributed by atoms with E-state index in [1.807, 2.05) is 0 Å². The van der Waals surface area contributed by atoms with Gasteiger partial charge in [-0.25, -0.2) is 0 Å². The summed E-state index contributed by atoms with van der Waals surface area (Å²) in [7, 11) is 0. The molecular formula is C15H20F3N. The van der Waals surface area contributed by atoms with Crippen molar-refractivity contribution in [2.45, 2.75) is 51.2 Å². The number of rotatable bonds is 6. The fourth-order valence-corrected chi connectivity index (χ4v) is 2.54. The summed E-state index contributed by atoms with van der Waals surface area (Å²) in [6.07, 6.45) is -0.322. The Hall–Kier alpha value is -1.03. The fourth-order valence-electron chi connectivity index (χ4n) is 2.54. The minimum atomic E-state index is -4.01. The number of unbranched alkanes of at least 4 members (excludes halogenated alkanes) is 1. The highest BCUT2D eigenvalue weighted by molar-refractivity contribution is 5.35. The van der Waals surface area contributed by atoms with Gasteiger partial charge in [-0.1, -0.05) is 18.2 Å². The van der Waals surface area contributed by atoms with E-state index in [-0.39, 0.29) is 6.42 Å². The Morgan fingerprint density at radius 2 is 1.84 bits per heavy atom. The average Bonchev–Trinajstić information content (AvgIpc) is 2.79. The topological polar surface area (TPSA) is 12.0 Å². The molecule has 0 saturated heterocycles. The molecule has 0 atom stereocenters. The Labute approximate surface area is 112 Å². The lowest BCUT2D eigenvalue weighted by Crippen LogP contribution is -2.16. The number of hydrogen-bond acceptors (Lipinski definition) is 1. The maximum atomic E-state index is 11.9. The number of halogens is 3. The lowest BCUT2D eigenvalue weighted by molar-refractivity contribution is -0.135. The van der Waals surface area contributed by atoms with Gasteiger partial charge in [-0.15, -0.1) is 0 Å². The van der Waals surface area contributed by atoms with Crippen LogP contribution in [0.1, 0.15) is 42.4 Å². The molecule has 1 N–H and O–H groups in total. The molecule has 0 spiro atoms. The largest absolute Gasteiger partial charge is 0.389 e. The van der Waals surface area contributed by atoms with Crippen molar-refractivity contribution < 1.29 is 13.2 Å². The van der Waals surface area contributed by atoms with Crippen molar-refractivity contribution in [3.8, 4) is 0 Å². The molecule has 0 unspecified atom stereocenters. The van der Waals surface area contributed by atoms with Crippen LogP contribution in [0.15, 0.2) is 18.2 Å². The van der Waals surface area contributed by atoms with Crippen LogP contribution in [0.5, 0.6) is 0 Å². The molecule has 1 aliphatic rings. The summed E-state index contributed by atoms with van der Waals surface area (Å²) in [5.74, 6) is 0. The van der Waals surface area contributed by atoms with Crippen molar-refractivity contribution in [1.29, 1.82) is 0 Å². The highest BCUT2D eigenvalue weighted by Crippen LogP contribution is 2.23. The Morgan fingerprint density at radius 3 is 2.63 bits per heavy atom. The molecule has 0 bridgehead atoms. The van der Waals surface area contributed by atoms with Gasteiger partial charge in [0.15, 0.2) is 0 Å². The second-order valence-electron chi connectivity index (χ2n) is 5.21. The number of alkyl halides is 3. The first-order valence-electron chi connectivity index (χ1n) is 6.93. The minimum absolute atomic E-state index is 0.209. The lowest BCUT2D eigenvalue weighted by Gasteiger charge is -2.08. The molecule has 106 valence electrons. The highest BCUT2D eigenvalue weighted by atomic mass is 19.4. The van der Waals surface area contributed by atoms with E-state index in [2.05, 4.69) is 23.5 Å². The molecule has 0 radical (unpaired) electrons. The van der Waals surface area contributed by atoms with Crippen molar-refractivity contribution >= 4 is 0 Å². The number of benzene rings is 1. The van der Waals surface area contributed by atoms with Crippen molar-refractivity contribution in [2.24, 2.45) is 0 Å². The SMILES string of the molecule is FC(F)(F)CCCCNCc1ccc2c(c1)CCC2. The third-order valence-electron chi connectivity index (χ3n) is 3.56. The van der Waals surface area contributed by atoms with E-state index in [9.17, 15) is 13.2 Å². The van der Waals surface area contributed by atoms with Crippen molar-refractivity contribution in [3.63, 3.8) is 0 Å². The zero-order chi connectivity index (χ0) is 13.7. The molecule has 1 nitrogen and oxygen atoms in total. The molecule has 0 saturated carbocycles. The molecule has 1 aromatic rings. The molecule has 19 heavy (non-hydrogen) atoms. The number of fused-ring (bicyclic) bond motifs is 1. The quantitative estimate of drug-likeness (QED) is 0.771. The number of hydrogen-bond donors (Lipinski definition) is 1. The zero-order valence-electron chi connectivity index (χ0n) is 11.0. The Bertz CT molecular complexity index is 412. The third kappa shape index (κ3) is 4.86. The predicted molar refractivity (Wildman–Crippen MR) is 70.1 cm³/mol. The van der Waals surface area contributed by atoms with Crippen LogP contribution in [0.25, 0.3) is 0 Å². The van der Waals surface area contributed by atoms with Crippen LogP contribution in [-0.2, 0) is 19.4 Å². The van der Waals surface area contributed by atoms with Crippen molar-refractivity contribution in [3.05, 3.63) is 34.9 Å². The Balaban J connectivity index is 1.63. The maximum Gasteiger partial charge on any atom is 0.389 e. The van der Waals surface area contributed by atoms with Gasteiger partial charge in [-0.05, 0) is 55.3 Å².